The van der Waals surface area contributed by atoms with Gasteiger partial charge in [-0.25, -0.2) is 4.79 Å². The third-order valence-electron chi connectivity index (χ3n) is 4.57. The van der Waals surface area contributed by atoms with Crippen molar-refractivity contribution in [2.24, 2.45) is 0 Å². The number of carbonyl (C=O) groups excluding carboxylic acids is 3. The smallest absolute Gasteiger partial charge is 0.338 e. The van der Waals surface area contributed by atoms with Crippen LogP contribution in [0.4, 0.5) is 36.8 Å². The summed E-state index contributed by atoms with van der Waals surface area (Å²) in [5, 5.41) is 4.19. The second-order valence-electron chi connectivity index (χ2n) is 6.84. The van der Waals surface area contributed by atoms with Gasteiger partial charge in [0.15, 0.2) is 0 Å². The third-order valence-corrected chi connectivity index (χ3v) is 4.57. The molecule has 32 heavy (non-hydrogen) atoms. The molecule has 0 aromatic heterocycles. The zero-order chi connectivity index (χ0) is 23.7. The van der Waals surface area contributed by atoms with Gasteiger partial charge in [0.05, 0.1) is 22.3 Å². The number of imide groups is 1. The second-order valence-corrected chi connectivity index (χ2v) is 6.84. The number of amides is 4. The first-order valence-corrected chi connectivity index (χ1v) is 9.17. The number of urea groups is 1. The van der Waals surface area contributed by atoms with Crippen molar-refractivity contribution in [2.45, 2.75) is 18.8 Å². The van der Waals surface area contributed by atoms with Gasteiger partial charge < -0.3 is 10.6 Å². The van der Waals surface area contributed by atoms with Crippen LogP contribution in [0.3, 0.4) is 0 Å². The number of nitrogens with zero attached hydrogens (tertiary/aromatic N) is 1. The van der Waals surface area contributed by atoms with E-state index >= 15 is 0 Å². The van der Waals surface area contributed by atoms with Crippen LogP contribution in [0.25, 0.3) is 0 Å². The van der Waals surface area contributed by atoms with Gasteiger partial charge in [0.25, 0.3) is 11.8 Å². The fraction of sp³-hybridized carbons (Fsp3) is 0.250. The molecule has 1 heterocycles. The zero-order valence-corrected chi connectivity index (χ0v) is 16.1. The molecular formula is C20H15F6N3O3. The van der Waals surface area contributed by atoms with Crippen LogP contribution < -0.4 is 10.6 Å². The van der Waals surface area contributed by atoms with E-state index in [1.165, 1.54) is 12.1 Å². The summed E-state index contributed by atoms with van der Waals surface area (Å²) in [5.74, 6) is -0.975. The first-order valence-electron chi connectivity index (χ1n) is 9.17. The Morgan fingerprint density at radius 2 is 1.34 bits per heavy atom. The minimum absolute atomic E-state index is 0.0333. The normalized spacial score (nSPS) is 13.9. The molecule has 0 radical (unpaired) electrons. The molecule has 2 aromatic rings. The quantitative estimate of drug-likeness (QED) is 0.392. The SMILES string of the molecule is O=C(NCCCN1C(=O)c2ccccc2C1=O)Nc1cc(C(F)(F)F)cc(C(F)(F)F)c1. The molecule has 0 fully saturated rings. The monoisotopic (exact) mass is 459 g/mol. The Bertz CT molecular complexity index is 998. The lowest BCUT2D eigenvalue weighted by Gasteiger charge is -2.16. The molecule has 1 aliphatic heterocycles. The van der Waals surface area contributed by atoms with Gasteiger partial charge >= 0.3 is 18.4 Å². The standard InChI is InChI=1S/C20H15F6N3O3/c21-19(22,23)11-8-12(20(24,25)26)10-13(9-11)28-18(32)27-6-3-7-29-16(30)14-4-1-2-5-15(14)17(29)31/h1-2,4-5,8-10H,3,6-7H2,(H2,27,28,32). The molecule has 2 aromatic carbocycles. The van der Waals surface area contributed by atoms with E-state index in [4.69, 9.17) is 0 Å². The average molecular weight is 459 g/mol. The first kappa shape index (κ1) is 23.1. The molecule has 0 saturated carbocycles. The molecule has 0 saturated heterocycles. The van der Waals surface area contributed by atoms with Crippen LogP contribution in [0.15, 0.2) is 42.5 Å². The second kappa shape index (κ2) is 8.52. The number of rotatable bonds is 5. The Labute approximate surface area is 177 Å². The van der Waals surface area contributed by atoms with E-state index in [2.05, 4.69) is 5.32 Å². The topological polar surface area (TPSA) is 78.5 Å². The van der Waals surface area contributed by atoms with Crippen molar-refractivity contribution >= 4 is 23.5 Å². The summed E-state index contributed by atoms with van der Waals surface area (Å²) in [7, 11) is 0. The maximum absolute atomic E-state index is 12.9. The van der Waals surface area contributed by atoms with Crippen molar-refractivity contribution in [1.29, 1.82) is 0 Å². The molecule has 0 atom stereocenters. The van der Waals surface area contributed by atoms with E-state index in [0.29, 0.717) is 12.1 Å². The Kier molecular flexibility index (Phi) is 6.15. The highest BCUT2D eigenvalue weighted by Gasteiger charge is 2.37. The van der Waals surface area contributed by atoms with E-state index in [9.17, 15) is 40.7 Å². The summed E-state index contributed by atoms with van der Waals surface area (Å²) in [5.41, 5.74) is -3.30. The van der Waals surface area contributed by atoms with E-state index in [-0.39, 0.29) is 36.7 Å². The van der Waals surface area contributed by atoms with Crippen molar-refractivity contribution in [2.75, 3.05) is 18.4 Å². The third kappa shape index (κ3) is 5.01. The number of carbonyl (C=O) groups is 3. The lowest BCUT2D eigenvalue weighted by atomic mass is 10.1. The fourth-order valence-corrected chi connectivity index (χ4v) is 3.08. The van der Waals surface area contributed by atoms with Crippen molar-refractivity contribution in [3.8, 4) is 0 Å². The largest absolute Gasteiger partial charge is 0.416 e. The van der Waals surface area contributed by atoms with Gasteiger partial charge in [-0.05, 0) is 36.8 Å². The van der Waals surface area contributed by atoms with Gasteiger partial charge in [0.1, 0.15) is 0 Å². The van der Waals surface area contributed by atoms with Gasteiger partial charge in [-0.2, -0.15) is 26.3 Å². The predicted molar refractivity (Wildman–Crippen MR) is 99.9 cm³/mol. The Hall–Kier alpha value is -3.57. The number of hydrogen-bond acceptors (Lipinski definition) is 3. The summed E-state index contributed by atoms with van der Waals surface area (Å²) in [6.07, 6.45) is -9.96. The lowest BCUT2D eigenvalue weighted by molar-refractivity contribution is -0.143. The number of alkyl halides is 6. The van der Waals surface area contributed by atoms with Gasteiger partial charge in [-0.15, -0.1) is 0 Å². The van der Waals surface area contributed by atoms with Crippen LogP contribution in [0, 0.1) is 0 Å². The van der Waals surface area contributed by atoms with Crippen LogP contribution in [-0.2, 0) is 12.4 Å². The van der Waals surface area contributed by atoms with Gasteiger partial charge in [0, 0.05) is 18.8 Å². The number of halogens is 6. The molecule has 0 aliphatic carbocycles. The maximum Gasteiger partial charge on any atom is 0.416 e. The predicted octanol–water partition coefficient (Wildman–Crippen LogP) is 4.53. The number of nitrogens with one attached hydrogen (secondary N) is 2. The van der Waals surface area contributed by atoms with E-state index in [1.54, 1.807) is 12.1 Å². The highest BCUT2D eigenvalue weighted by atomic mass is 19.4. The highest BCUT2D eigenvalue weighted by Crippen LogP contribution is 2.37. The summed E-state index contributed by atoms with van der Waals surface area (Å²) in [6, 6.07) is 5.90. The molecule has 6 nitrogen and oxygen atoms in total. The molecule has 3 rings (SSSR count). The number of hydrogen-bond donors (Lipinski definition) is 2. The fourth-order valence-electron chi connectivity index (χ4n) is 3.08. The van der Waals surface area contributed by atoms with Crippen molar-refractivity contribution in [3.63, 3.8) is 0 Å². The summed E-state index contributed by atoms with van der Waals surface area (Å²) in [4.78, 5) is 37.3. The zero-order valence-electron chi connectivity index (χ0n) is 16.1. The molecular weight excluding hydrogens is 444 g/mol. The molecule has 170 valence electrons. The summed E-state index contributed by atoms with van der Waals surface area (Å²) < 4.78 is 77.3. The first-order chi connectivity index (χ1) is 14.9. The minimum Gasteiger partial charge on any atom is -0.338 e. The Morgan fingerprint density at radius 1 is 0.844 bits per heavy atom. The number of benzene rings is 2. The van der Waals surface area contributed by atoms with Gasteiger partial charge in [0.2, 0.25) is 0 Å². The lowest BCUT2D eigenvalue weighted by Crippen LogP contribution is -2.35. The van der Waals surface area contributed by atoms with Crippen molar-refractivity contribution in [3.05, 3.63) is 64.7 Å². The summed E-state index contributed by atoms with van der Waals surface area (Å²) >= 11 is 0. The molecule has 0 spiro atoms. The average Bonchev–Trinajstić information content (AvgIpc) is 2.94. The molecule has 0 bridgehead atoms. The Morgan fingerprint density at radius 3 is 1.81 bits per heavy atom. The van der Waals surface area contributed by atoms with Crippen LogP contribution in [0.1, 0.15) is 38.3 Å². The van der Waals surface area contributed by atoms with Gasteiger partial charge in [-0.1, -0.05) is 12.1 Å². The molecule has 0 unspecified atom stereocenters. The van der Waals surface area contributed by atoms with E-state index < -0.39 is 47.0 Å². The number of anilines is 1. The molecule has 1 aliphatic rings. The molecule has 4 amide bonds. The van der Waals surface area contributed by atoms with Crippen molar-refractivity contribution < 1.29 is 40.7 Å². The summed E-state index contributed by atoms with van der Waals surface area (Å²) in [6.45, 7) is -0.126. The number of fused-ring (bicyclic) bond motifs is 1. The van der Waals surface area contributed by atoms with E-state index in [0.717, 1.165) is 4.90 Å². The highest BCUT2D eigenvalue weighted by molar-refractivity contribution is 6.21. The maximum atomic E-state index is 12.9. The molecule has 2 N–H and O–H groups in total. The van der Waals surface area contributed by atoms with Crippen molar-refractivity contribution in [1.82, 2.24) is 10.2 Å². The minimum atomic E-state index is -5.04. The van der Waals surface area contributed by atoms with Crippen LogP contribution in [0.5, 0.6) is 0 Å². The van der Waals surface area contributed by atoms with Gasteiger partial charge in [-0.3, -0.25) is 14.5 Å². The van der Waals surface area contributed by atoms with E-state index in [1.807, 2.05) is 5.32 Å². The Balaban J connectivity index is 1.57. The van der Waals surface area contributed by atoms with Crippen LogP contribution in [0.2, 0.25) is 0 Å². The molecule has 12 heteroatoms. The van der Waals surface area contributed by atoms with Crippen LogP contribution >= 0.6 is 0 Å². The van der Waals surface area contributed by atoms with Crippen LogP contribution in [-0.4, -0.2) is 35.8 Å².